The molecule has 1 aliphatic rings. The fourth-order valence-electron chi connectivity index (χ4n) is 2.37. The van der Waals surface area contributed by atoms with Crippen molar-refractivity contribution in [2.45, 2.75) is 6.92 Å². The SMILES string of the molecule is Cc1cccc(N2C(=O)NC(=O)/C(=C\c3ccccc3)C2=O)c1. The van der Waals surface area contributed by atoms with Crippen LogP contribution < -0.4 is 10.2 Å². The van der Waals surface area contributed by atoms with E-state index in [0.717, 1.165) is 10.5 Å². The minimum atomic E-state index is -0.740. The second-order valence-electron chi connectivity index (χ2n) is 5.21. The van der Waals surface area contributed by atoms with Gasteiger partial charge in [-0.1, -0.05) is 42.5 Å². The molecule has 4 amide bonds. The second-order valence-corrected chi connectivity index (χ2v) is 5.21. The van der Waals surface area contributed by atoms with Gasteiger partial charge in [0, 0.05) is 0 Å². The topological polar surface area (TPSA) is 66.5 Å². The molecule has 0 radical (unpaired) electrons. The summed E-state index contributed by atoms with van der Waals surface area (Å²) >= 11 is 0. The Balaban J connectivity index is 2.03. The fourth-order valence-corrected chi connectivity index (χ4v) is 2.37. The van der Waals surface area contributed by atoms with E-state index in [1.807, 2.05) is 19.1 Å². The summed E-state index contributed by atoms with van der Waals surface area (Å²) in [7, 11) is 0. The largest absolute Gasteiger partial charge is 0.335 e. The first-order chi connectivity index (χ1) is 11.1. The number of hydrogen-bond acceptors (Lipinski definition) is 3. The van der Waals surface area contributed by atoms with Crippen molar-refractivity contribution < 1.29 is 14.4 Å². The number of nitrogens with zero attached hydrogens (tertiary/aromatic N) is 1. The number of barbiturate groups is 1. The Labute approximate surface area is 133 Å². The van der Waals surface area contributed by atoms with Gasteiger partial charge in [-0.25, -0.2) is 9.69 Å². The molecule has 23 heavy (non-hydrogen) atoms. The van der Waals surface area contributed by atoms with E-state index in [0.29, 0.717) is 11.3 Å². The first-order valence-corrected chi connectivity index (χ1v) is 7.09. The molecule has 5 nitrogen and oxygen atoms in total. The van der Waals surface area contributed by atoms with E-state index >= 15 is 0 Å². The lowest BCUT2D eigenvalue weighted by Crippen LogP contribution is -2.54. The van der Waals surface area contributed by atoms with Crippen LogP contribution in [-0.4, -0.2) is 17.8 Å². The Morgan fingerprint density at radius 1 is 0.957 bits per heavy atom. The van der Waals surface area contributed by atoms with Crippen LogP contribution in [0.1, 0.15) is 11.1 Å². The van der Waals surface area contributed by atoms with E-state index in [1.165, 1.54) is 6.08 Å². The van der Waals surface area contributed by atoms with Crippen LogP contribution in [0.15, 0.2) is 60.2 Å². The highest BCUT2D eigenvalue weighted by atomic mass is 16.2. The molecular formula is C18H14N2O3. The highest BCUT2D eigenvalue weighted by Gasteiger charge is 2.36. The maximum atomic E-state index is 12.6. The summed E-state index contributed by atoms with van der Waals surface area (Å²) in [5.41, 5.74) is 1.98. The predicted molar refractivity (Wildman–Crippen MR) is 86.6 cm³/mol. The third-order valence-electron chi connectivity index (χ3n) is 3.47. The van der Waals surface area contributed by atoms with Crippen molar-refractivity contribution >= 4 is 29.6 Å². The number of benzene rings is 2. The molecule has 2 aromatic carbocycles. The van der Waals surface area contributed by atoms with E-state index in [1.54, 1.807) is 42.5 Å². The van der Waals surface area contributed by atoms with E-state index < -0.39 is 17.8 Å². The number of carbonyl (C=O) groups is 3. The van der Waals surface area contributed by atoms with Crippen LogP contribution in [0.3, 0.4) is 0 Å². The second kappa shape index (κ2) is 5.88. The molecule has 1 N–H and O–H groups in total. The highest BCUT2D eigenvalue weighted by Crippen LogP contribution is 2.22. The van der Waals surface area contributed by atoms with Crippen LogP contribution in [-0.2, 0) is 9.59 Å². The number of nitrogens with one attached hydrogen (secondary N) is 1. The molecule has 0 unspecified atom stereocenters. The molecule has 0 atom stereocenters. The number of aryl methyl sites for hydroxylation is 1. The highest BCUT2D eigenvalue weighted by molar-refractivity contribution is 6.39. The summed E-state index contributed by atoms with van der Waals surface area (Å²) in [5.74, 6) is -1.32. The molecule has 0 aromatic heterocycles. The number of carbonyl (C=O) groups excluding carboxylic acids is 3. The molecule has 1 heterocycles. The lowest BCUT2D eigenvalue weighted by molar-refractivity contribution is -0.122. The molecule has 2 aromatic rings. The van der Waals surface area contributed by atoms with Gasteiger partial charge in [0.15, 0.2) is 0 Å². The zero-order chi connectivity index (χ0) is 16.4. The molecule has 1 aliphatic heterocycles. The maximum Gasteiger partial charge on any atom is 0.335 e. The lowest BCUT2D eigenvalue weighted by Gasteiger charge is -2.26. The Morgan fingerprint density at radius 3 is 2.39 bits per heavy atom. The van der Waals surface area contributed by atoms with Gasteiger partial charge in [-0.2, -0.15) is 0 Å². The minimum Gasteiger partial charge on any atom is -0.273 e. The molecule has 114 valence electrons. The summed E-state index contributed by atoms with van der Waals surface area (Å²) in [6, 6.07) is 15.3. The van der Waals surface area contributed by atoms with Gasteiger partial charge in [-0.3, -0.25) is 14.9 Å². The minimum absolute atomic E-state index is 0.0719. The van der Waals surface area contributed by atoms with E-state index in [9.17, 15) is 14.4 Å². The smallest absolute Gasteiger partial charge is 0.273 e. The van der Waals surface area contributed by atoms with Crippen molar-refractivity contribution in [2.75, 3.05) is 4.90 Å². The summed E-state index contributed by atoms with van der Waals surface area (Å²) in [5, 5.41) is 2.21. The number of amides is 4. The van der Waals surface area contributed by atoms with Crippen molar-refractivity contribution in [1.29, 1.82) is 0 Å². The Morgan fingerprint density at radius 2 is 1.70 bits per heavy atom. The normalized spacial score (nSPS) is 16.7. The van der Waals surface area contributed by atoms with E-state index in [4.69, 9.17) is 0 Å². The first-order valence-electron chi connectivity index (χ1n) is 7.09. The van der Waals surface area contributed by atoms with Crippen LogP contribution in [0.25, 0.3) is 6.08 Å². The summed E-state index contributed by atoms with van der Waals surface area (Å²) < 4.78 is 0. The number of urea groups is 1. The van der Waals surface area contributed by atoms with Gasteiger partial charge in [0.05, 0.1) is 5.69 Å². The van der Waals surface area contributed by atoms with Gasteiger partial charge < -0.3 is 0 Å². The number of hydrogen-bond donors (Lipinski definition) is 1. The summed E-state index contributed by atoms with van der Waals surface area (Å²) in [6.07, 6.45) is 1.48. The molecular weight excluding hydrogens is 292 g/mol. The number of rotatable bonds is 2. The first kappa shape index (κ1) is 14.7. The van der Waals surface area contributed by atoms with Crippen molar-refractivity contribution in [1.82, 2.24) is 5.32 Å². The van der Waals surface area contributed by atoms with Gasteiger partial charge in [0.1, 0.15) is 5.57 Å². The lowest BCUT2D eigenvalue weighted by atomic mass is 10.1. The number of anilines is 1. The zero-order valence-corrected chi connectivity index (χ0v) is 12.4. The Bertz CT molecular complexity index is 825. The summed E-state index contributed by atoms with van der Waals surface area (Å²) in [6.45, 7) is 1.86. The maximum absolute atomic E-state index is 12.6. The quantitative estimate of drug-likeness (QED) is 0.685. The van der Waals surface area contributed by atoms with E-state index in [-0.39, 0.29) is 5.57 Å². The van der Waals surface area contributed by atoms with Crippen LogP contribution in [0, 0.1) is 6.92 Å². The van der Waals surface area contributed by atoms with E-state index in [2.05, 4.69) is 5.32 Å². The monoisotopic (exact) mass is 306 g/mol. The van der Waals surface area contributed by atoms with Crippen molar-refractivity contribution in [3.8, 4) is 0 Å². The molecule has 3 rings (SSSR count). The summed E-state index contributed by atoms with van der Waals surface area (Å²) in [4.78, 5) is 37.7. The average molecular weight is 306 g/mol. The molecule has 0 spiro atoms. The predicted octanol–water partition coefficient (Wildman–Crippen LogP) is 2.66. The van der Waals surface area contributed by atoms with Gasteiger partial charge in [-0.15, -0.1) is 0 Å². The number of imide groups is 2. The third kappa shape index (κ3) is 2.89. The van der Waals surface area contributed by atoms with Crippen molar-refractivity contribution in [2.24, 2.45) is 0 Å². The molecule has 0 bridgehead atoms. The molecule has 0 aliphatic carbocycles. The van der Waals surface area contributed by atoms with Crippen LogP contribution in [0.4, 0.5) is 10.5 Å². The molecule has 1 saturated heterocycles. The fraction of sp³-hybridized carbons (Fsp3) is 0.0556. The third-order valence-corrected chi connectivity index (χ3v) is 3.47. The van der Waals surface area contributed by atoms with Gasteiger partial charge >= 0.3 is 6.03 Å². The van der Waals surface area contributed by atoms with Gasteiger partial charge in [-0.05, 0) is 36.3 Å². The van der Waals surface area contributed by atoms with Gasteiger partial charge in [0.2, 0.25) is 0 Å². The Kier molecular flexibility index (Phi) is 3.76. The average Bonchev–Trinajstić information content (AvgIpc) is 2.52. The standard InChI is InChI=1S/C18H14N2O3/c1-12-6-5-9-14(10-12)20-17(22)15(16(21)19-18(20)23)11-13-7-3-2-4-8-13/h2-11H,1H3,(H,19,21,23)/b15-11+. The van der Waals surface area contributed by atoms with Crippen LogP contribution in [0.2, 0.25) is 0 Å². The Hall–Kier alpha value is -3.21. The van der Waals surface area contributed by atoms with Crippen LogP contribution in [0.5, 0.6) is 0 Å². The molecule has 1 fully saturated rings. The van der Waals surface area contributed by atoms with Crippen molar-refractivity contribution in [3.63, 3.8) is 0 Å². The zero-order valence-electron chi connectivity index (χ0n) is 12.4. The van der Waals surface area contributed by atoms with Gasteiger partial charge in [0.25, 0.3) is 11.8 Å². The molecule has 0 saturated carbocycles. The van der Waals surface area contributed by atoms with Crippen LogP contribution >= 0.6 is 0 Å². The molecule has 5 heteroatoms. The van der Waals surface area contributed by atoms with Crippen molar-refractivity contribution in [3.05, 3.63) is 71.3 Å².